The number of fused-ring (bicyclic) bond motifs is 1. The van der Waals surface area contributed by atoms with E-state index in [4.69, 9.17) is 20.9 Å². The number of nitrogens with zero attached hydrogens (tertiary/aromatic N) is 3. The van der Waals surface area contributed by atoms with Gasteiger partial charge in [0.2, 0.25) is 5.88 Å². The molecule has 1 N–H and O–H groups in total. The molecule has 0 unspecified atom stereocenters. The van der Waals surface area contributed by atoms with Crippen molar-refractivity contribution in [3.8, 4) is 17.1 Å². The number of amides is 1. The molecule has 0 aliphatic heterocycles. The average molecular weight is 423 g/mol. The lowest BCUT2D eigenvalue weighted by Crippen LogP contribution is -2.28. The molecule has 0 atom stereocenters. The normalized spacial score (nSPS) is 10.9. The van der Waals surface area contributed by atoms with Gasteiger partial charge < -0.3 is 14.6 Å². The highest BCUT2D eigenvalue weighted by molar-refractivity contribution is 6.31. The smallest absolute Gasteiger partial charge is 0.265 e. The Balaban J connectivity index is 1.55. The van der Waals surface area contributed by atoms with Crippen molar-refractivity contribution in [1.82, 2.24) is 20.4 Å². The largest absolute Gasteiger partial charge is 0.467 e. The van der Waals surface area contributed by atoms with E-state index in [9.17, 15) is 4.79 Å². The number of aromatic nitrogens is 3. The molecule has 0 saturated heterocycles. The first kappa shape index (κ1) is 19.8. The van der Waals surface area contributed by atoms with Gasteiger partial charge in [-0.1, -0.05) is 72.2 Å². The Bertz CT molecular complexity index is 1180. The summed E-state index contributed by atoms with van der Waals surface area (Å²) in [6.45, 7) is 2.03. The molecule has 0 fully saturated rings. The van der Waals surface area contributed by atoms with Crippen LogP contribution in [0, 0.1) is 0 Å². The van der Waals surface area contributed by atoms with E-state index in [1.165, 1.54) is 0 Å². The fourth-order valence-corrected chi connectivity index (χ4v) is 3.14. The monoisotopic (exact) mass is 422 g/mol. The molecule has 0 spiro atoms. The van der Waals surface area contributed by atoms with Gasteiger partial charge in [0.15, 0.2) is 6.61 Å². The first-order valence-electron chi connectivity index (χ1n) is 9.50. The van der Waals surface area contributed by atoms with Gasteiger partial charge in [-0.05, 0) is 11.6 Å². The minimum atomic E-state index is -0.294. The second-order valence-electron chi connectivity index (χ2n) is 6.53. The summed E-state index contributed by atoms with van der Waals surface area (Å²) in [6.07, 6.45) is 0.590. The number of carbonyl (C=O) groups is 1. The standard InChI is InChI=1S/C22H19ClN4O3/c1-2-17-25-21(29-13-18(28)24-12-15-10-6-7-11-16(15)23)19-20(27-30-22(19)26-17)14-8-4-3-5-9-14/h3-11H,2,12-13H2,1H3,(H,24,28). The molecule has 4 aromatic rings. The van der Waals surface area contributed by atoms with Gasteiger partial charge in [0.05, 0.1) is 0 Å². The second-order valence-corrected chi connectivity index (χ2v) is 6.94. The van der Waals surface area contributed by atoms with Crippen LogP contribution in [0.2, 0.25) is 5.02 Å². The number of hydrogen-bond donors (Lipinski definition) is 1. The first-order chi connectivity index (χ1) is 14.7. The van der Waals surface area contributed by atoms with E-state index in [0.29, 0.717) is 40.6 Å². The van der Waals surface area contributed by atoms with E-state index in [1.807, 2.05) is 55.5 Å². The Morgan fingerprint density at radius 2 is 1.87 bits per heavy atom. The summed E-state index contributed by atoms with van der Waals surface area (Å²) in [7, 11) is 0. The molecule has 2 aromatic heterocycles. The van der Waals surface area contributed by atoms with Crippen LogP contribution in [0.3, 0.4) is 0 Å². The fourth-order valence-electron chi connectivity index (χ4n) is 2.94. The van der Waals surface area contributed by atoms with Gasteiger partial charge >= 0.3 is 0 Å². The zero-order valence-electron chi connectivity index (χ0n) is 16.3. The lowest BCUT2D eigenvalue weighted by molar-refractivity contribution is -0.123. The second kappa shape index (κ2) is 8.92. The lowest BCUT2D eigenvalue weighted by atomic mass is 10.1. The molecule has 0 aliphatic carbocycles. The highest BCUT2D eigenvalue weighted by Crippen LogP contribution is 2.33. The number of rotatable bonds is 7. The molecule has 30 heavy (non-hydrogen) atoms. The van der Waals surface area contributed by atoms with Crippen LogP contribution in [-0.4, -0.2) is 27.6 Å². The fraction of sp³-hybridized carbons (Fsp3) is 0.182. The lowest BCUT2D eigenvalue weighted by Gasteiger charge is -2.09. The SMILES string of the molecule is CCc1nc(OCC(=O)NCc2ccccc2Cl)c2c(-c3ccccc3)noc2n1. The van der Waals surface area contributed by atoms with Crippen molar-refractivity contribution in [2.75, 3.05) is 6.61 Å². The number of halogens is 1. The van der Waals surface area contributed by atoms with Crippen molar-refractivity contribution in [1.29, 1.82) is 0 Å². The molecule has 7 nitrogen and oxygen atoms in total. The maximum atomic E-state index is 12.3. The van der Waals surface area contributed by atoms with E-state index in [-0.39, 0.29) is 18.4 Å². The van der Waals surface area contributed by atoms with Gasteiger partial charge in [0.1, 0.15) is 16.9 Å². The molecular weight excluding hydrogens is 404 g/mol. The van der Waals surface area contributed by atoms with Gasteiger partial charge in [-0.3, -0.25) is 4.79 Å². The molecule has 2 aromatic carbocycles. The molecule has 152 valence electrons. The third-order valence-corrected chi connectivity index (χ3v) is 4.86. The van der Waals surface area contributed by atoms with E-state index in [0.717, 1.165) is 11.1 Å². The van der Waals surface area contributed by atoms with Gasteiger partial charge in [0.25, 0.3) is 11.6 Å². The Kier molecular flexibility index (Phi) is 5.90. The van der Waals surface area contributed by atoms with E-state index in [1.54, 1.807) is 6.07 Å². The van der Waals surface area contributed by atoms with Crippen LogP contribution in [0.1, 0.15) is 18.3 Å². The zero-order chi connectivity index (χ0) is 20.9. The van der Waals surface area contributed by atoms with Gasteiger partial charge in [-0.2, -0.15) is 9.97 Å². The van der Waals surface area contributed by atoms with Gasteiger partial charge in [-0.25, -0.2) is 0 Å². The molecule has 2 heterocycles. The number of nitrogens with one attached hydrogen (secondary N) is 1. The quantitative estimate of drug-likeness (QED) is 0.480. The van der Waals surface area contributed by atoms with Crippen LogP contribution in [0.25, 0.3) is 22.4 Å². The zero-order valence-corrected chi connectivity index (χ0v) is 17.0. The Morgan fingerprint density at radius 3 is 2.63 bits per heavy atom. The van der Waals surface area contributed by atoms with Crippen LogP contribution >= 0.6 is 11.6 Å². The van der Waals surface area contributed by atoms with E-state index < -0.39 is 0 Å². The third-order valence-electron chi connectivity index (χ3n) is 4.49. The molecule has 0 saturated carbocycles. The number of aryl methyl sites for hydroxylation is 1. The van der Waals surface area contributed by atoms with Crippen LogP contribution < -0.4 is 10.1 Å². The van der Waals surface area contributed by atoms with Gasteiger partial charge in [0, 0.05) is 23.6 Å². The summed E-state index contributed by atoms with van der Waals surface area (Å²) >= 11 is 6.13. The molecule has 4 rings (SSSR count). The number of carbonyl (C=O) groups excluding carboxylic acids is 1. The Labute approximate surface area is 178 Å². The van der Waals surface area contributed by atoms with Crippen molar-refractivity contribution >= 4 is 28.6 Å². The third kappa shape index (κ3) is 4.26. The Hall–Kier alpha value is -3.45. The number of hydrogen-bond acceptors (Lipinski definition) is 6. The van der Waals surface area contributed by atoms with Crippen molar-refractivity contribution in [2.45, 2.75) is 19.9 Å². The molecule has 1 amide bonds. The van der Waals surface area contributed by atoms with Crippen molar-refractivity contribution in [2.24, 2.45) is 0 Å². The Morgan fingerprint density at radius 1 is 1.10 bits per heavy atom. The van der Waals surface area contributed by atoms with Crippen LogP contribution in [0.4, 0.5) is 0 Å². The van der Waals surface area contributed by atoms with E-state index >= 15 is 0 Å². The molecule has 0 aliphatic rings. The first-order valence-corrected chi connectivity index (χ1v) is 9.88. The maximum absolute atomic E-state index is 12.3. The van der Waals surface area contributed by atoms with Crippen LogP contribution in [0.5, 0.6) is 5.88 Å². The minimum Gasteiger partial charge on any atom is -0.467 e. The van der Waals surface area contributed by atoms with Crippen LogP contribution in [0.15, 0.2) is 59.1 Å². The van der Waals surface area contributed by atoms with Gasteiger partial charge in [-0.15, -0.1) is 0 Å². The molecule has 0 radical (unpaired) electrons. The summed E-state index contributed by atoms with van der Waals surface area (Å²) in [5.74, 6) is 0.520. The molecule has 8 heteroatoms. The number of benzene rings is 2. The summed E-state index contributed by atoms with van der Waals surface area (Å²) in [4.78, 5) is 21.1. The van der Waals surface area contributed by atoms with Crippen molar-refractivity contribution < 1.29 is 14.1 Å². The van der Waals surface area contributed by atoms with E-state index in [2.05, 4.69) is 20.4 Å². The average Bonchev–Trinajstić information content (AvgIpc) is 3.21. The number of ether oxygens (including phenoxy) is 1. The highest BCUT2D eigenvalue weighted by Gasteiger charge is 2.20. The predicted octanol–water partition coefficient (Wildman–Crippen LogP) is 4.20. The predicted molar refractivity (Wildman–Crippen MR) is 113 cm³/mol. The summed E-state index contributed by atoms with van der Waals surface area (Å²) in [5.41, 5.74) is 2.57. The maximum Gasteiger partial charge on any atom is 0.265 e. The molecular formula is C22H19ClN4O3. The summed E-state index contributed by atoms with van der Waals surface area (Å²) in [5, 5.41) is 8.07. The van der Waals surface area contributed by atoms with Crippen LogP contribution in [-0.2, 0) is 17.8 Å². The molecule has 0 bridgehead atoms. The summed E-state index contributed by atoms with van der Waals surface area (Å²) < 4.78 is 11.2. The highest BCUT2D eigenvalue weighted by atomic mass is 35.5. The summed E-state index contributed by atoms with van der Waals surface area (Å²) in [6, 6.07) is 16.9. The topological polar surface area (TPSA) is 90.1 Å². The minimum absolute atomic E-state index is 0.209. The van der Waals surface area contributed by atoms with Crippen molar-refractivity contribution in [3.05, 3.63) is 71.0 Å². The van der Waals surface area contributed by atoms with Crippen molar-refractivity contribution in [3.63, 3.8) is 0 Å².